The predicted octanol–water partition coefficient (Wildman–Crippen LogP) is 3.21. The Labute approximate surface area is 141 Å². The molecule has 5 heteroatoms. The molecule has 0 saturated heterocycles. The van der Waals surface area contributed by atoms with Crippen LogP contribution in [0.25, 0.3) is 11.1 Å². The molecule has 0 bridgehead atoms. The van der Waals surface area contributed by atoms with E-state index in [-0.39, 0.29) is 23.6 Å². The van der Waals surface area contributed by atoms with Gasteiger partial charge in [-0.05, 0) is 37.1 Å². The summed E-state index contributed by atoms with van der Waals surface area (Å²) in [4.78, 5) is 24.1. The minimum atomic E-state index is -1.03. The number of carbonyl (C=O) groups is 2. The third kappa shape index (κ3) is 3.81. The van der Waals surface area contributed by atoms with Crippen molar-refractivity contribution in [1.29, 1.82) is 0 Å². The lowest BCUT2D eigenvalue weighted by Gasteiger charge is -2.21. The summed E-state index contributed by atoms with van der Waals surface area (Å²) in [6, 6.07) is 13.5. The summed E-state index contributed by atoms with van der Waals surface area (Å²) in [6.07, 6.45) is -0.132. The third-order valence-electron chi connectivity index (χ3n) is 4.05. The van der Waals surface area contributed by atoms with Crippen LogP contribution in [0, 0.1) is 0 Å². The van der Waals surface area contributed by atoms with Crippen molar-refractivity contribution >= 4 is 11.9 Å². The highest BCUT2D eigenvalue weighted by atomic mass is 16.5. The first kappa shape index (κ1) is 17.7. The molecule has 0 heterocycles. The van der Waals surface area contributed by atoms with Gasteiger partial charge in [0.1, 0.15) is 0 Å². The Bertz CT molecular complexity index is 742. The number of benzene rings is 2. The smallest absolute Gasteiger partial charge is 0.336 e. The minimum absolute atomic E-state index is 0.132. The number of ether oxygens (including phenoxy) is 1. The lowest BCUT2D eigenvalue weighted by atomic mass is 9.95. The Kier molecular flexibility index (Phi) is 5.71. The van der Waals surface area contributed by atoms with Crippen LogP contribution in [0.2, 0.25) is 0 Å². The summed E-state index contributed by atoms with van der Waals surface area (Å²) in [5.74, 6) is -1.29. The van der Waals surface area contributed by atoms with Gasteiger partial charge in [0.05, 0.1) is 17.7 Å². The molecule has 2 aromatic rings. The highest BCUT2D eigenvalue weighted by molar-refractivity contribution is 6.04. The van der Waals surface area contributed by atoms with Crippen molar-refractivity contribution < 1.29 is 19.4 Å². The highest BCUT2D eigenvalue weighted by Crippen LogP contribution is 2.27. The summed E-state index contributed by atoms with van der Waals surface area (Å²) >= 11 is 0. The summed E-state index contributed by atoms with van der Waals surface area (Å²) in [7, 11) is 1.59. The molecule has 24 heavy (non-hydrogen) atoms. The molecule has 2 atom stereocenters. The minimum Gasteiger partial charge on any atom is -0.478 e. The fourth-order valence-corrected chi connectivity index (χ4v) is 2.43. The zero-order valence-corrected chi connectivity index (χ0v) is 13.9. The monoisotopic (exact) mass is 327 g/mol. The number of carbonyl (C=O) groups excluding carboxylic acids is 1. The Morgan fingerprint density at radius 2 is 1.46 bits per heavy atom. The Morgan fingerprint density at radius 3 is 2.00 bits per heavy atom. The Hall–Kier alpha value is -2.66. The van der Waals surface area contributed by atoms with Crippen LogP contribution in [0.5, 0.6) is 0 Å². The van der Waals surface area contributed by atoms with Crippen LogP contribution in [-0.2, 0) is 4.74 Å². The van der Waals surface area contributed by atoms with Crippen molar-refractivity contribution in [2.75, 3.05) is 7.11 Å². The number of amides is 1. The van der Waals surface area contributed by atoms with E-state index in [0.717, 1.165) is 0 Å². The maximum atomic E-state index is 12.6. The molecular formula is C19H21NO4. The quantitative estimate of drug-likeness (QED) is 0.854. The second kappa shape index (κ2) is 7.75. The number of carboxylic acid groups (broad SMARTS) is 1. The van der Waals surface area contributed by atoms with Crippen molar-refractivity contribution in [3.8, 4) is 11.1 Å². The second-order valence-electron chi connectivity index (χ2n) is 5.60. The van der Waals surface area contributed by atoms with E-state index in [0.29, 0.717) is 16.7 Å². The van der Waals surface area contributed by atoms with E-state index in [1.807, 2.05) is 13.8 Å². The van der Waals surface area contributed by atoms with Gasteiger partial charge in [0.25, 0.3) is 5.91 Å². The largest absolute Gasteiger partial charge is 0.478 e. The molecule has 0 spiro atoms. The molecule has 1 unspecified atom stereocenters. The van der Waals surface area contributed by atoms with Crippen LogP contribution in [0.1, 0.15) is 34.6 Å². The van der Waals surface area contributed by atoms with Gasteiger partial charge in [-0.2, -0.15) is 0 Å². The lowest BCUT2D eigenvalue weighted by Crippen LogP contribution is -2.40. The normalized spacial score (nSPS) is 13.1. The van der Waals surface area contributed by atoms with Crippen molar-refractivity contribution in [3.05, 3.63) is 59.7 Å². The van der Waals surface area contributed by atoms with Gasteiger partial charge < -0.3 is 15.2 Å². The van der Waals surface area contributed by atoms with Crippen LogP contribution >= 0.6 is 0 Å². The molecule has 2 aromatic carbocycles. The first-order valence-corrected chi connectivity index (χ1v) is 7.71. The maximum Gasteiger partial charge on any atom is 0.336 e. The molecule has 2 N–H and O–H groups in total. The van der Waals surface area contributed by atoms with E-state index in [1.165, 1.54) is 6.07 Å². The number of methoxy groups -OCH3 is 1. The zero-order chi connectivity index (χ0) is 17.7. The zero-order valence-electron chi connectivity index (χ0n) is 13.9. The van der Waals surface area contributed by atoms with Crippen molar-refractivity contribution in [2.24, 2.45) is 0 Å². The van der Waals surface area contributed by atoms with Gasteiger partial charge >= 0.3 is 5.97 Å². The van der Waals surface area contributed by atoms with Gasteiger partial charge in [0.15, 0.2) is 0 Å². The number of hydrogen-bond acceptors (Lipinski definition) is 3. The van der Waals surface area contributed by atoms with Crippen molar-refractivity contribution in [3.63, 3.8) is 0 Å². The first-order chi connectivity index (χ1) is 11.5. The van der Waals surface area contributed by atoms with Crippen LogP contribution < -0.4 is 5.32 Å². The topological polar surface area (TPSA) is 75.6 Å². The molecule has 0 aliphatic heterocycles. The van der Waals surface area contributed by atoms with E-state index in [4.69, 9.17) is 4.74 Å². The summed E-state index contributed by atoms with van der Waals surface area (Å²) in [5, 5.41) is 12.3. The van der Waals surface area contributed by atoms with Gasteiger partial charge in [0, 0.05) is 12.7 Å². The third-order valence-corrected chi connectivity index (χ3v) is 4.05. The molecular weight excluding hydrogens is 306 g/mol. The van der Waals surface area contributed by atoms with Gasteiger partial charge in [-0.1, -0.05) is 36.4 Å². The average Bonchev–Trinajstić information content (AvgIpc) is 2.60. The maximum absolute atomic E-state index is 12.6. The molecule has 0 radical (unpaired) electrons. The predicted molar refractivity (Wildman–Crippen MR) is 92.2 cm³/mol. The number of hydrogen-bond donors (Lipinski definition) is 2. The molecule has 126 valence electrons. The van der Waals surface area contributed by atoms with E-state index >= 15 is 0 Å². The summed E-state index contributed by atoms with van der Waals surface area (Å²) in [6.45, 7) is 3.73. The van der Waals surface area contributed by atoms with E-state index < -0.39 is 5.97 Å². The van der Waals surface area contributed by atoms with E-state index in [2.05, 4.69) is 5.32 Å². The number of aromatic carboxylic acids is 1. The molecule has 0 aliphatic carbocycles. The second-order valence-corrected chi connectivity index (χ2v) is 5.60. The van der Waals surface area contributed by atoms with Gasteiger partial charge in [-0.3, -0.25) is 4.79 Å². The molecule has 0 saturated carbocycles. The van der Waals surface area contributed by atoms with Crippen molar-refractivity contribution in [2.45, 2.75) is 26.0 Å². The van der Waals surface area contributed by atoms with Gasteiger partial charge in [-0.15, -0.1) is 0 Å². The summed E-state index contributed by atoms with van der Waals surface area (Å²) < 4.78 is 5.22. The number of nitrogens with one attached hydrogen (secondary N) is 1. The lowest BCUT2D eigenvalue weighted by molar-refractivity contribution is 0.0696. The SMILES string of the molecule is COC(C)[C@H](C)NC(=O)c1ccccc1-c1ccccc1C(=O)O. The Balaban J connectivity index is 2.42. The van der Waals surface area contributed by atoms with Crippen molar-refractivity contribution in [1.82, 2.24) is 5.32 Å². The molecule has 5 nitrogen and oxygen atoms in total. The van der Waals surface area contributed by atoms with Crippen LogP contribution in [0.15, 0.2) is 48.5 Å². The van der Waals surface area contributed by atoms with Gasteiger partial charge in [0.2, 0.25) is 0 Å². The summed E-state index contributed by atoms with van der Waals surface area (Å²) in [5.41, 5.74) is 1.70. The van der Waals surface area contributed by atoms with Crippen LogP contribution in [-0.4, -0.2) is 36.2 Å². The first-order valence-electron chi connectivity index (χ1n) is 7.71. The Morgan fingerprint density at radius 1 is 0.958 bits per heavy atom. The standard InChI is InChI=1S/C19H21NO4/c1-12(13(2)24-3)20-18(21)16-10-6-4-8-14(16)15-9-5-7-11-17(15)19(22)23/h4-13H,1-3H3,(H,20,21)(H,22,23)/t12-,13?/m0/s1. The molecule has 0 fully saturated rings. The van der Waals surface area contributed by atoms with E-state index in [1.54, 1.807) is 49.6 Å². The fraction of sp³-hybridized carbons (Fsp3) is 0.263. The number of carboxylic acids is 1. The average molecular weight is 327 g/mol. The molecule has 0 aliphatic rings. The fourth-order valence-electron chi connectivity index (χ4n) is 2.43. The van der Waals surface area contributed by atoms with Gasteiger partial charge in [-0.25, -0.2) is 4.79 Å². The van der Waals surface area contributed by atoms with E-state index in [9.17, 15) is 14.7 Å². The van der Waals surface area contributed by atoms with Crippen LogP contribution in [0.3, 0.4) is 0 Å². The van der Waals surface area contributed by atoms with Crippen LogP contribution in [0.4, 0.5) is 0 Å². The molecule has 1 amide bonds. The highest BCUT2D eigenvalue weighted by Gasteiger charge is 2.20. The molecule has 2 rings (SSSR count). The number of rotatable bonds is 6. The molecule has 0 aromatic heterocycles.